The molecule has 1 saturated heterocycles. The highest BCUT2D eigenvalue weighted by molar-refractivity contribution is 6.31. The molecule has 134 valence electrons. The summed E-state index contributed by atoms with van der Waals surface area (Å²) >= 11 is 5.84. The number of rotatable bonds is 5. The Morgan fingerprint density at radius 2 is 2.08 bits per heavy atom. The maximum Gasteiger partial charge on any atom is 0.405 e. The van der Waals surface area contributed by atoms with Crippen LogP contribution < -0.4 is 15.4 Å². The molecule has 0 aromatic heterocycles. The second-order valence-electron chi connectivity index (χ2n) is 5.40. The van der Waals surface area contributed by atoms with Crippen molar-refractivity contribution in [3.63, 3.8) is 0 Å². The number of carbonyl (C=O) groups is 1. The van der Waals surface area contributed by atoms with Crippen molar-refractivity contribution in [1.29, 1.82) is 0 Å². The molecule has 2 rings (SSSR count). The van der Waals surface area contributed by atoms with Gasteiger partial charge in [0.2, 0.25) is 0 Å². The molecule has 1 fully saturated rings. The summed E-state index contributed by atoms with van der Waals surface area (Å²) in [5, 5.41) is 5.65. The lowest BCUT2D eigenvalue weighted by molar-refractivity contribution is -0.183. The zero-order valence-corrected chi connectivity index (χ0v) is 13.9. The first kappa shape index (κ1) is 18.8. The van der Waals surface area contributed by atoms with Crippen LogP contribution in [0.25, 0.3) is 0 Å². The van der Waals surface area contributed by atoms with E-state index in [4.69, 9.17) is 16.3 Å². The SMILES string of the molecule is COc1ccc(Cl)cc1C(=O)NCC(N1CCNCC1)C(F)(F)F. The Morgan fingerprint density at radius 1 is 1.42 bits per heavy atom. The molecule has 1 aliphatic rings. The van der Waals surface area contributed by atoms with E-state index in [1.165, 1.54) is 30.2 Å². The van der Waals surface area contributed by atoms with Crippen molar-refractivity contribution in [2.45, 2.75) is 12.2 Å². The van der Waals surface area contributed by atoms with Crippen LogP contribution in [0.2, 0.25) is 5.02 Å². The summed E-state index contributed by atoms with van der Waals surface area (Å²) in [6.45, 7) is 1.00. The van der Waals surface area contributed by atoms with Gasteiger partial charge in [-0.05, 0) is 18.2 Å². The third-order valence-corrected chi connectivity index (χ3v) is 4.07. The highest BCUT2D eigenvalue weighted by Gasteiger charge is 2.43. The third kappa shape index (κ3) is 4.75. The van der Waals surface area contributed by atoms with Crippen LogP contribution in [-0.4, -0.2) is 62.9 Å². The smallest absolute Gasteiger partial charge is 0.405 e. The summed E-state index contributed by atoms with van der Waals surface area (Å²) in [5.74, 6) is -0.402. The van der Waals surface area contributed by atoms with Gasteiger partial charge >= 0.3 is 6.18 Å². The average molecular weight is 366 g/mol. The number of nitrogens with one attached hydrogen (secondary N) is 2. The van der Waals surface area contributed by atoms with Crippen LogP contribution in [-0.2, 0) is 0 Å². The molecule has 1 aromatic rings. The standard InChI is InChI=1S/C15H19ClF3N3O2/c1-24-12-3-2-10(16)8-11(12)14(23)21-9-13(15(17,18)19)22-6-4-20-5-7-22/h2-3,8,13,20H,4-7,9H2,1H3,(H,21,23). The van der Waals surface area contributed by atoms with E-state index >= 15 is 0 Å². The van der Waals surface area contributed by atoms with E-state index in [2.05, 4.69) is 10.6 Å². The molecule has 1 amide bonds. The van der Waals surface area contributed by atoms with E-state index < -0.39 is 24.7 Å². The molecule has 1 aliphatic heterocycles. The van der Waals surface area contributed by atoms with Gasteiger partial charge in [0, 0.05) is 37.7 Å². The highest BCUT2D eigenvalue weighted by atomic mass is 35.5. The number of halogens is 4. The van der Waals surface area contributed by atoms with Crippen LogP contribution in [0.5, 0.6) is 5.75 Å². The van der Waals surface area contributed by atoms with Gasteiger partial charge in [-0.25, -0.2) is 0 Å². The van der Waals surface area contributed by atoms with Gasteiger partial charge in [0.1, 0.15) is 11.8 Å². The van der Waals surface area contributed by atoms with Crippen LogP contribution in [0, 0.1) is 0 Å². The number of ether oxygens (including phenoxy) is 1. The first-order valence-electron chi connectivity index (χ1n) is 7.46. The second kappa shape index (κ2) is 8.04. The van der Waals surface area contributed by atoms with Crippen molar-refractivity contribution in [1.82, 2.24) is 15.5 Å². The minimum atomic E-state index is -4.43. The molecule has 0 spiro atoms. The summed E-state index contributed by atoms with van der Waals surface area (Å²) in [6.07, 6.45) is -4.43. The third-order valence-electron chi connectivity index (χ3n) is 3.83. The Kier molecular flexibility index (Phi) is 6.31. The zero-order valence-electron chi connectivity index (χ0n) is 13.1. The van der Waals surface area contributed by atoms with E-state index in [0.717, 1.165) is 0 Å². The second-order valence-corrected chi connectivity index (χ2v) is 5.83. The van der Waals surface area contributed by atoms with Crippen LogP contribution in [0.15, 0.2) is 18.2 Å². The number of piperazine rings is 1. The normalized spacial score (nSPS) is 17.4. The van der Waals surface area contributed by atoms with Crippen molar-refractivity contribution in [3.8, 4) is 5.75 Å². The van der Waals surface area contributed by atoms with Gasteiger partial charge in [-0.2, -0.15) is 13.2 Å². The largest absolute Gasteiger partial charge is 0.496 e. The summed E-state index contributed by atoms with van der Waals surface area (Å²) in [7, 11) is 1.37. The highest BCUT2D eigenvalue weighted by Crippen LogP contribution is 2.26. The lowest BCUT2D eigenvalue weighted by Crippen LogP contribution is -2.57. The first-order valence-corrected chi connectivity index (χ1v) is 7.84. The molecule has 0 aliphatic carbocycles. The predicted octanol–water partition coefficient (Wildman–Crippen LogP) is 1.91. The van der Waals surface area contributed by atoms with E-state index in [0.29, 0.717) is 18.1 Å². The number of amides is 1. The van der Waals surface area contributed by atoms with E-state index in [-0.39, 0.29) is 24.4 Å². The number of hydrogen-bond donors (Lipinski definition) is 2. The molecule has 2 N–H and O–H groups in total. The molecule has 1 unspecified atom stereocenters. The Bertz CT molecular complexity index is 578. The predicted molar refractivity (Wildman–Crippen MR) is 84.6 cm³/mol. The Hall–Kier alpha value is -1.51. The van der Waals surface area contributed by atoms with Crippen molar-refractivity contribution in [3.05, 3.63) is 28.8 Å². The Balaban J connectivity index is 2.08. The average Bonchev–Trinajstić information content (AvgIpc) is 2.54. The van der Waals surface area contributed by atoms with Gasteiger partial charge in [0.25, 0.3) is 5.91 Å². The van der Waals surface area contributed by atoms with Crippen LogP contribution >= 0.6 is 11.6 Å². The molecular weight excluding hydrogens is 347 g/mol. The van der Waals surface area contributed by atoms with Crippen molar-refractivity contribution >= 4 is 17.5 Å². The lowest BCUT2D eigenvalue weighted by Gasteiger charge is -2.35. The molecule has 1 aromatic carbocycles. The fraction of sp³-hybridized carbons (Fsp3) is 0.533. The summed E-state index contributed by atoms with van der Waals surface area (Å²) in [5.41, 5.74) is 0.103. The van der Waals surface area contributed by atoms with Gasteiger partial charge in [-0.1, -0.05) is 11.6 Å². The molecule has 1 heterocycles. The molecular formula is C15H19ClF3N3O2. The molecule has 9 heteroatoms. The van der Waals surface area contributed by atoms with E-state index in [1.54, 1.807) is 0 Å². The molecule has 0 radical (unpaired) electrons. The monoisotopic (exact) mass is 365 g/mol. The molecule has 24 heavy (non-hydrogen) atoms. The Morgan fingerprint density at radius 3 is 2.67 bits per heavy atom. The van der Waals surface area contributed by atoms with Crippen molar-refractivity contribution in [2.75, 3.05) is 39.8 Å². The summed E-state index contributed by atoms with van der Waals surface area (Å²) < 4.78 is 45.0. The van der Waals surface area contributed by atoms with Crippen molar-refractivity contribution < 1.29 is 22.7 Å². The minimum absolute atomic E-state index is 0.103. The van der Waals surface area contributed by atoms with Crippen LogP contribution in [0.3, 0.4) is 0 Å². The zero-order chi connectivity index (χ0) is 17.7. The van der Waals surface area contributed by atoms with E-state index in [1.807, 2.05) is 0 Å². The maximum atomic E-state index is 13.3. The van der Waals surface area contributed by atoms with Gasteiger partial charge in [0.05, 0.1) is 12.7 Å². The van der Waals surface area contributed by atoms with Gasteiger partial charge < -0.3 is 15.4 Å². The molecule has 0 saturated carbocycles. The van der Waals surface area contributed by atoms with Gasteiger partial charge in [0.15, 0.2) is 0 Å². The number of nitrogens with zero attached hydrogens (tertiary/aromatic N) is 1. The van der Waals surface area contributed by atoms with Crippen LogP contribution in [0.4, 0.5) is 13.2 Å². The lowest BCUT2D eigenvalue weighted by atomic mass is 10.1. The number of methoxy groups -OCH3 is 1. The topological polar surface area (TPSA) is 53.6 Å². The molecule has 0 bridgehead atoms. The molecule has 5 nitrogen and oxygen atoms in total. The van der Waals surface area contributed by atoms with E-state index in [9.17, 15) is 18.0 Å². The number of benzene rings is 1. The maximum absolute atomic E-state index is 13.3. The molecule has 1 atom stereocenters. The minimum Gasteiger partial charge on any atom is -0.496 e. The summed E-state index contributed by atoms with van der Waals surface area (Å²) in [4.78, 5) is 13.6. The first-order chi connectivity index (χ1) is 11.3. The van der Waals surface area contributed by atoms with Crippen LogP contribution in [0.1, 0.15) is 10.4 Å². The number of alkyl halides is 3. The van der Waals surface area contributed by atoms with Gasteiger partial charge in [-0.15, -0.1) is 0 Å². The fourth-order valence-electron chi connectivity index (χ4n) is 2.59. The van der Waals surface area contributed by atoms with Gasteiger partial charge in [-0.3, -0.25) is 9.69 Å². The number of hydrogen-bond acceptors (Lipinski definition) is 4. The summed E-state index contributed by atoms with van der Waals surface area (Å²) in [6, 6.07) is 2.67. The fourth-order valence-corrected chi connectivity index (χ4v) is 2.76. The number of carbonyl (C=O) groups excluding carboxylic acids is 1. The quantitative estimate of drug-likeness (QED) is 0.837. The Labute approximate surface area is 143 Å². The van der Waals surface area contributed by atoms with Crippen molar-refractivity contribution in [2.24, 2.45) is 0 Å².